The monoisotopic (exact) mass is 1180 g/mol. The smallest absolute Gasteiger partial charge is 0.268 e. The topological polar surface area (TPSA) is 108 Å². The Bertz CT molecular complexity index is 1390. The highest BCUT2D eigenvalue weighted by Crippen LogP contribution is 2.38. The van der Waals surface area contributed by atoms with Gasteiger partial charge in [0.1, 0.15) is 13.2 Å². The summed E-state index contributed by atoms with van der Waals surface area (Å²) in [6, 6.07) is -0.885. The summed E-state index contributed by atoms with van der Waals surface area (Å²) in [6.07, 6.45) is 84.6. The van der Waals surface area contributed by atoms with Crippen LogP contribution >= 0.6 is 7.82 Å². The van der Waals surface area contributed by atoms with Crippen molar-refractivity contribution in [1.29, 1.82) is 0 Å². The van der Waals surface area contributed by atoms with Gasteiger partial charge in [0.05, 0.1) is 39.9 Å². The van der Waals surface area contributed by atoms with E-state index in [0.717, 1.165) is 38.5 Å². The van der Waals surface area contributed by atoms with Gasteiger partial charge >= 0.3 is 0 Å². The highest BCUT2D eigenvalue weighted by atomic mass is 31.2. The molecule has 8 nitrogen and oxygen atoms in total. The van der Waals surface area contributed by atoms with Gasteiger partial charge < -0.3 is 28.8 Å². The van der Waals surface area contributed by atoms with Crippen LogP contribution in [0.4, 0.5) is 0 Å². The number of allylic oxidation sites excluding steroid dienone is 3. The minimum absolute atomic E-state index is 0.00213. The first kappa shape index (κ1) is 81.0. The number of rotatable bonds is 69. The number of nitrogens with one attached hydrogen (secondary N) is 1. The van der Waals surface area contributed by atoms with E-state index in [1.54, 1.807) is 6.08 Å². The lowest BCUT2D eigenvalue weighted by Gasteiger charge is -2.29. The number of aliphatic hydroxyl groups is 1. The van der Waals surface area contributed by atoms with Crippen molar-refractivity contribution in [3.63, 3.8) is 0 Å². The van der Waals surface area contributed by atoms with Crippen LogP contribution in [0.25, 0.3) is 0 Å². The molecular weight excluding hydrogens is 1030 g/mol. The zero-order valence-corrected chi connectivity index (χ0v) is 56.9. The van der Waals surface area contributed by atoms with Gasteiger partial charge in [0.25, 0.3) is 7.82 Å². The van der Waals surface area contributed by atoms with Gasteiger partial charge in [-0.1, -0.05) is 359 Å². The number of aliphatic hydroxyl groups excluding tert-OH is 1. The zero-order valence-electron chi connectivity index (χ0n) is 56.0. The van der Waals surface area contributed by atoms with Crippen molar-refractivity contribution in [3.05, 3.63) is 24.3 Å². The van der Waals surface area contributed by atoms with Crippen molar-refractivity contribution < 1.29 is 32.9 Å². The third-order valence-electron chi connectivity index (χ3n) is 17.2. The molecule has 0 fully saturated rings. The van der Waals surface area contributed by atoms with E-state index < -0.39 is 20.0 Å². The van der Waals surface area contributed by atoms with Gasteiger partial charge in [-0.2, -0.15) is 0 Å². The summed E-state index contributed by atoms with van der Waals surface area (Å²) < 4.78 is 23.5. The van der Waals surface area contributed by atoms with Crippen molar-refractivity contribution in [3.8, 4) is 0 Å². The highest BCUT2D eigenvalue weighted by molar-refractivity contribution is 7.45. The van der Waals surface area contributed by atoms with Gasteiger partial charge in [0, 0.05) is 6.42 Å². The van der Waals surface area contributed by atoms with E-state index in [4.69, 9.17) is 9.05 Å². The van der Waals surface area contributed by atoms with Crippen molar-refractivity contribution in [2.24, 2.45) is 0 Å². The van der Waals surface area contributed by atoms with Crippen molar-refractivity contribution in [2.75, 3.05) is 40.9 Å². The molecule has 0 aliphatic heterocycles. The molecule has 0 aromatic carbocycles. The summed E-state index contributed by atoms with van der Waals surface area (Å²) >= 11 is 0. The lowest BCUT2D eigenvalue weighted by molar-refractivity contribution is -0.870. The van der Waals surface area contributed by atoms with Gasteiger partial charge in [-0.05, 0) is 44.9 Å². The summed E-state index contributed by atoms with van der Waals surface area (Å²) in [6.45, 7) is 4.72. The maximum atomic E-state index is 13.0. The van der Waals surface area contributed by atoms with E-state index >= 15 is 0 Å². The molecule has 82 heavy (non-hydrogen) atoms. The number of hydrogen-bond donors (Lipinski definition) is 2. The van der Waals surface area contributed by atoms with Crippen LogP contribution in [0, 0.1) is 0 Å². The number of unbranched alkanes of at least 4 members (excludes halogenated alkanes) is 54. The van der Waals surface area contributed by atoms with E-state index in [1.165, 1.54) is 327 Å². The Labute approximate surface area is 513 Å². The van der Waals surface area contributed by atoms with Crippen LogP contribution in [0.15, 0.2) is 24.3 Å². The van der Waals surface area contributed by atoms with E-state index in [1.807, 2.05) is 27.2 Å². The Kier molecular flexibility index (Phi) is 63.7. The number of carbonyl (C=O) groups excluding carboxylic acids is 1. The first-order valence-corrected chi connectivity index (χ1v) is 38.2. The maximum absolute atomic E-state index is 13.0. The standard InChI is InChI=1S/C73H145N2O6P/c1-6-8-10-12-14-16-18-20-22-24-26-28-30-32-34-35-36-37-38-39-41-43-45-47-49-51-53-55-57-59-61-63-65-67-73(77)74-71(70-81-82(78,79)80-69-68-75(3,4)5)72(76)66-64-62-60-58-56-54-52-50-48-46-44-42-40-33-31-29-27-25-23-21-19-17-15-13-11-9-7-2/h24,26,64,66,71-72,76H,6-23,25,27-63,65,67-70H2,1-5H3,(H-,74,77,78,79)/b26-24-,66-64+. The van der Waals surface area contributed by atoms with Gasteiger partial charge in [0.2, 0.25) is 5.91 Å². The van der Waals surface area contributed by atoms with E-state index in [-0.39, 0.29) is 19.1 Å². The predicted molar refractivity (Wildman–Crippen MR) is 358 cm³/mol. The minimum atomic E-state index is -4.60. The molecule has 0 heterocycles. The highest BCUT2D eigenvalue weighted by Gasteiger charge is 2.23. The Morgan fingerprint density at radius 3 is 0.951 bits per heavy atom. The normalized spacial score (nSPS) is 13.7. The van der Waals surface area contributed by atoms with Crippen LogP contribution in [-0.2, 0) is 18.4 Å². The molecule has 3 atom stereocenters. The molecule has 1 amide bonds. The summed E-state index contributed by atoms with van der Waals surface area (Å²) in [5.41, 5.74) is 0. The second-order valence-electron chi connectivity index (χ2n) is 26.7. The van der Waals surface area contributed by atoms with Gasteiger partial charge in [-0.25, -0.2) is 0 Å². The van der Waals surface area contributed by atoms with Gasteiger partial charge in [0.15, 0.2) is 0 Å². The molecule has 0 aliphatic rings. The SMILES string of the molecule is CCCCCCCCCC/C=C\CCCCCCCCCCCCCCCCCCCCCCCC(=O)NC(COP(=O)([O-])OCC[N+](C)(C)C)C(O)/C=C/CCCCCCCCCCCCCCCCCCCCCCCCCCC. The second-order valence-corrected chi connectivity index (χ2v) is 28.1. The first-order chi connectivity index (χ1) is 40.0. The van der Waals surface area contributed by atoms with Crippen LogP contribution in [-0.4, -0.2) is 68.5 Å². The molecular formula is C73H145N2O6P. The lowest BCUT2D eigenvalue weighted by Crippen LogP contribution is -2.45. The molecule has 0 rings (SSSR count). The molecule has 0 saturated heterocycles. The third-order valence-corrected chi connectivity index (χ3v) is 18.1. The van der Waals surface area contributed by atoms with Crippen molar-refractivity contribution >= 4 is 13.7 Å². The van der Waals surface area contributed by atoms with Crippen LogP contribution < -0.4 is 10.2 Å². The quantitative estimate of drug-likeness (QED) is 0.0272. The Balaban J connectivity index is 4.00. The maximum Gasteiger partial charge on any atom is 0.268 e. The number of nitrogens with zero attached hydrogens (tertiary/aromatic N) is 1. The zero-order chi connectivity index (χ0) is 59.8. The molecule has 0 saturated carbocycles. The number of quaternary nitrogens is 1. The van der Waals surface area contributed by atoms with Crippen molar-refractivity contribution in [1.82, 2.24) is 5.32 Å². The van der Waals surface area contributed by atoms with Crippen LogP contribution in [0.1, 0.15) is 386 Å². The summed E-state index contributed by atoms with van der Waals surface area (Å²) in [5, 5.41) is 14.0. The fourth-order valence-corrected chi connectivity index (χ4v) is 12.2. The summed E-state index contributed by atoms with van der Waals surface area (Å²) in [7, 11) is 1.28. The number of phosphoric ester groups is 1. The fourth-order valence-electron chi connectivity index (χ4n) is 11.4. The van der Waals surface area contributed by atoms with E-state index in [2.05, 4.69) is 31.3 Å². The average Bonchev–Trinajstić information content (AvgIpc) is 3.47. The Morgan fingerprint density at radius 2 is 0.671 bits per heavy atom. The number of hydrogen-bond acceptors (Lipinski definition) is 6. The summed E-state index contributed by atoms with van der Waals surface area (Å²) in [5.74, 6) is -0.188. The van der Waals surface area contributed by atoms with Crippen LogP contribution in [0.3, 0.4) is 0 Å². The molecule has 0 radical (unpaired) electrons. The third kappa shape index (κ3) is 66.5. The molecule has 0 aliphatic carbocycles. The average molecular weight is 1180 g/mol. The van der Waals surface area contributed by atoms with E-state index in [0.29, 0.717) is 17.4 Å². The second kappa shape index (κ2) is 64.5. The van der Waals surface area contributed by atoms with E-state index in [9.17, 15) is 19.4 Å². The minimum Gasteiger partial charge on any atom is -0.756 e. The molecule has 2 N–H and O–H groups in total. The largest absolute Gasteiger partial charge is 0.756 e. The molecule has 0 bridgehead atoms. The number of likely N-dealkylation sites (N-methyl/N-ethyl adjacent to an activating group) is 1. The molecule has 0 aromatic rings. The summed E-state index contributed by atoms with van der Waals surface area (Å²) in [4.78, 5) is 25.7. The van der Waals surface area contributed by atoms with Crippen LogP contribution in [0.5, 0.6) is 0 Å². The number of amides is 1. The van der Waals surface area contributed by atoms with Crippen molar-refractivity contribution in [2.45, 2.75) is 398 Å². The fraction of sp³-hybridized carbons (Fsp3) is 0.932. The molecule has 0 spiro atoms. The lowest BCUT2D eigenvalue weighted by atomic mass is 10.0. The number of phosphoric acid groups is 1. The van der Waals surface area contributed by atoms with Crippen LogP contribution in [0.2, 0.25) is 0 Å². The Morgan fingerprint density at radius 1 is 0.415 bits per heavy atom. The van der Waals surface area contributed by atoms with Gasteiger partial charge in [-0.15, -0.1) is 0 Å². The first-order valence-electron chi connectivity index (χ1n) is 36.7. The predicted octanol–water partition coefficient (Wildman–Crippen LogP) is 22.8. The molecule has 3 unspecified atom stereocenters. The number of carbonyl (C=O) groups is 1. The molecule has 0 aromatic heterocycles. The molecule has 9 heteroatoms. The molecule has 488 valence electrons. The Hall–Kier alpha value is -1.02. The van der Waals surface area contributed by atoms with Gasteiger partial charge in [-0.3, -0.25) is 9.36 Å².